The monoisotopic (exact) mass is 352 g/mol. The Morgan fingerprint density at radius 1 is 1.28 bits per heavy atom. The number of rotatable bonds is 9. The van der Waals surface area contributed by atoms with Crippen molar-refractivity contribution in [3.63, 3.8) is 0 Å². The van der Waals surface area contributed by atoms with Gasteiger partial charge in [-0.05, 0) is 26.2 Å². The minimum Gasteiger partial charge on any atom is -0.443 e. The first-order chi connectivity index (χ1) is 11.8. The summed E-state index contributed by atoms with van der Waals surface area (Å²) in [5.74, 6) is 2.80. The van der Waals surface area contributed by atoms with E-state index in [9.17, 15) is 0 Å². The van der Waals surface area contributed by atoms with E-state index >= 15 is 0 Å². The third-order valence-corrected chi connectivity index (χ3v) is 3.86. The highest BCUT2D eigenvalue weighted by molar-refractivity contribution is 5.79. The first kappa shape index (κ1) is 21.5. The molecule has 1 atom stereocenters. The maximum Gasteiger partial charge on any atom is 0.216 e. The van der Waals surface area contributed by atoms with Crippen LogP contribution in [0.5, 0.6) is 0 Å². The van der Waals surface area contributed by atoms with Crippen LogP contribution in [0.3, 0.4) is 0 Å². The maximum absolute atomic E-state index is 5.79. The Hall–Kier alpha value is -1.56. The van der Waals surface area contributed by atoms with E-state index in [0.717, 1.165) is 37.8 Å². The van der Waals surface area contributed by atoms with Gasteiger partial charge >= 0.3 is 0 Å². The van der Waals surface area contributed by atoms with Crippen LogP contribution in [0.25, 0.3) is 0 Å². The standard InChI is InChI=1S/C19H36N4O2/c1-8-20-18(21-11-10-15(14(3)4)24-9-2)23-13-17-22-12-16(25-17)19(5,6)7/h12,14-15H,8-11,13H2,1-7H3,(H2,20,21,23). The van der Waals surface area contributed by atoms with Gasteiger partial charge in [0.25, 0.3) is 0 Å². The largest absolute Gasteiger partial charge is 0.443 e. The molecule has 1 heterocycles. The van der Waals surface area contributed by atoms with Crippen LogP contribution in [0.1, 0.15) is 66.5 Å². The molecule has 0 aliphatic heterocycles. The summed E-state index contributed by atoms with van der Waals surface area (Å²) in [6, 6.07) is 0. The van der Waals surface area contributed by atoms with Crippen LogP contribution in [0, 0.1) is 5.92 Å². The van der Waals surface area contributed by atoms with Crippen molar-refractivity contribution in [1.82, 2.24) is 15.6 Å². The Labute approximate surface area is 152 Å². The van der Waals surface area contributed by atoms with Crippen molar-refractivity contribution in [3.8, 4) is 0 Å². The molecule has 0 aromatic carbocycles. The Morgan fingerprint density at radius 3 is 2.52 bits per heavy atom. The van der Waals surface area contributed by atoms with Gasteiger partial charge in [-0.15, -0.1) is 0 Å². The zero-order valence-electron chi connectivity index (χ0n) is 17.0. The van der Waals surface area contributed by atoms with Gasteiger partial charge in [-0.1, -0.05) is 34.6 Å². The maximum atomic E-state index is 5.79. The minimum absolute atomic E-state index is 0.0388. The normalized spacial score (nSPS) is 14.0. The van der Waals surface area contributed by atoms with Crippen LogP contribution >= 0.6 is 0 Å². The second-order valence-corrected chi connectivity index (χ2v) is 7.52. The Kier molecular flexibility index (Phi) is 8.97. The fourth-order valence-electron chi connectivity index (χ4n) is 2.37. The van der Waals surface area contributed by atoms with Gasteiger partial charge in [-0.2, -0.15) is 0 Å². The second kappa shape index (κ2) is 10.4. The molecule has 6 nitrogen and oxygen atoms in total. The lowest BCUT2D eigenvalue weighted by Gasteiger charge is -2.21. The van der Waals surface area contributed by atoms with E-state index in [0.29, 0.717) is 18.4 Å². The van der Waals surface area contributed by atoms with Gasteiger partial charge in [0.2, 0.25) is 5.89 Å². The second-order valence-electron chi connectivity index (χ2n) is 7.52. The Morgan fingerprint density at radius 2 is 2.00 bits per heavy atom. The summed E-state index contributed by atoms with van der Waals surface area (Å²) in [4.78, 5) is 8.89. The molecule has 1 aromatic rings. The predicted molar refractivity (Wildman–Crippen MR) is 103 cm³/mol. The van der Waals surface area contributed by atoms with Gasteiger partial charge in [0.1, 0.15) is 12.3 Å². The lowest BCUT2D eigenvalue weighted by molar-refractivity contribution is 0.0258. The van der Waals surface area contributed by atoms with E-state index in [-0.39, 0.29) is 11.5 Å². The molecule has 0 bridgehead atoms. The lowest BCUT2D eigenvalue weighted by atomic mass is 9.94. The summed E-state index contributed by atoms with van der Waals surface area (Å²) >= 11 is 0. The molecule has 0 spiro atoms. The van der Waals surface area contributed by atoms with Gasteiger partial charge in [0.05, 0.1) is 12.3 Å². The van der Waals surface area contributed by atoms with Crippen molar-refractivity contribution in [1.29, 1.82) is 0 Å². The van der Waals surface area contributed by atoms with Crippen LogP contribution < -0.4 is 10.6 Å². The zero-order valence-corrected chi connectivity index (χ0v) is 17.0. The third-order valence-electron chi connectivity index (χ3n) is 3.86. The molecule has 0 aliphatic rings. The molecule has 0 fully saturated rings. The summed E-state index contributed by atoms with van der Waals surface area (Å²) in [6.45, 7) is 17.6. The summed E-state index contributed by atoms with van der Waals surface area (Å²) in [6.07, 6.45) is 3.00. The first-order valence-corrected chi connectivity index (χ1v) is 9.36. The quantitative estimate of drug-likeness (QED) is 0.526. The number of nitrogens with one attached hydrogen (secondary N) is 2. The molecule has 6 heteroatoms. The molecule has 0 radical (unpaired) electrons. The highest BCUT2D eigenvalue weighted by Gasteiger charge is 2.19. The van der Waals surface area contributed by atoms with E-state index in [1.165, 1.54) is 0 Å². The van der Waals surface area contributed by atoms with E-state index in [2.05, 4.69) is 62.2 Å². The number of guanidine groups is 1. The number of ether oxygens (including phenoxy) is 1. The van der Waals surface area contributed by atoms with E-state index in [4.69, 9.17) is 9.15 Å². The molecule has 0 aliphatic carbocycles. The predicted octanol–water partition coefficient (Wildman–Crippen LogP) is 3.48. The molecular weight excluding hydrogens is 316 g/mol. The molecule has 0 amide bonds. The highest BCUT2D eigenvalue weighted by Crippen LogP contribution is 2.22. The van der Waals surface area contributed by atoms with E-state index in [1.54, 1.807) is 6.20 Å². The van der Waals surface area contributed by atoms with Crippen molar-refractivity contribution >= 4 is 5.96 Å². The van der Waals surface area contributed by atoms with Gasteiger partial charge in [0.15, 0.2) is 5.96 Å². The fraction of sp³-hybridized carbons (Fsp3) is 0.789. The average molecular weight is 353 g/mol. The number of nitrogens with zero attached hydrogens (tertiary/aromatic N) is 2. The van der Waals surface area contributed by atoms with E-state index < -0.39 is 0 Å². The fourth-order valence-corrected chi connectivity index (χ4v) is 2.37. The Balaban J connectivity index is 2.57. The van der Waals surface area contributed by atoms with Crippen molar-refractivity contribution in [2.45, 2.75) is 73.0 Å². The summed E-state index contributed by atoms with van der Waals surface area (Å²) in [7, 11) is 0. The molecule has 0 saturated carbocycles. The number of aromatic nitrogens is 1. The molecule has 144 valence electrons. The molecule has 0 saturated heterocycles. The van der Waals surface area contributed by atoms with Crippen LogP contribution in [-0.4, -0.2) is 36.7 Å². The van der Waals surface area contributed by atoms with Gasteiger partial charge in [-0.3, -0.25) is 0 Å². The third kappa shape index (κ3) is 7.90. The van der Waals surface area contributed by atoms with Crippen molar-refractivity contribution in [2.24, 2.45) is 10.9 Å². The SMILES string of the molecule is CCNC(=NCc1ncc(C(C)(C)C)o1)NCCC(OCC)C(C)C. The minimum atomic E-state index is -0.0388. The smallest absolute Gasteiger partial charge is 0.216 e. The molecular formula is C19H36N4O2. The van der Waals surface area contributed by atoms with Crippen LogP contribution in [0.15, 0.2) is 15.6 Å². The number of aliphatic imine (C=N–C) groups is 1. The molecule has 25 heavy (non-hydrogen) atoms. The van der Waals surface area contributed by atoms with E-state index in [1.807, 2.05) is 6.92 Å². The highest BCUT2D eigenvalue weighted by atomic mass is 16.5. The topological polar surface area (TPSA) is 71.7 Å². The van der Waals surface area contributed by atoms with Gasteiger partial charge in [-0.25, -0.2) is 9.98 Å². The number of oxazole rings is 1. The summed E-state index contributed by atoms with van der Waals surface area (Å²) < 4.78 is 11.6. The molecule has 2 N–H and O–H groups in total. The van der Waals surface area contributed by atoms with Crippen molar-refractivity contribution in [3.05, 3.63) is 17.8 Å². The van der Waals surface area contributed by atoms with Crippen LogP contribution in [-0.2, 0) is 16.7 Å². The molecule has 1 unspecified atom stereocenters. The van der Waals surface area contributed by atoms with Gasteiger partial charge < -0.3 is 19.8 Å². The Bertz CT molecular complexity index is 518. The number of hydrogen-bond acceptors (Lipinski definition) is 4. The molecule has 1 aromatic heterocycles. The summed E-state index contributed by atoms with van der Waals surface area (Å²) in [5.41, 5.74) is -0.0388. The van der Waals surface area contributed by atoms with Crippen molar-refractivity contribution < 1.29 is 9.15 Å². The first-order valence-electron chi connectivity index (χ1n) is 9.36. The summed E-state index contributed by atoms with van der Waals surface area (Å²) in [5, 5.41) is 6.61. The lowest BCUT2D eigenvalue weighted by Crippen LogP contribution is -2.39. The zero-order chi connectivity index (χ0) is 18.9. The number of hydrogen-bond donors (Lipinski definition) is 2. The molecule has 1 rings (SSSR count). The van der Waals surface area contributed by atoms with Gasteiger partial charge in [0, 0.05) is 25.1 Å². The van der Waals surface area contributed by atoms with Crippen LogP contribution in [0.4, 0.5) is 0 Å². The average Bonchev–Trinajstić information content (AvgIpc) is 3.00. The van der Waals surface area contributed by atoms with Crippen LogP contribution in [0.2, 0.25) is 0 Å². The van der Waals surface area contributed by atoms with Crippen molar-refractivity contribution in [2.75, 3.05) is 19.7 Å².